The van der Waals surface area contributed by atoms with E-state index in [9.17, 15) is 19.5 Å². The summed E-state index contributed by atoms with van der Waals surface area (Å²) in [4.78, 5) is 38.0. The van der Waals surface area contributed by atoms with E-state index in [2.05, 4.69) is 30.6 Å². The Morgan fingerprint density at radius 3 is 2.16 bits per heavy atom. The lowest BCUT2D eigenvalue weighted by molar-refractivity contribution is -0.158. The summed E-state index contributed by atoms with van der Waals surface area (Å²) in [6.45, 7) is 5.39. The number of carbonyl (C=O) groups excluding carboxylic acids is 2. The lowest BCUT2D eigenvalue weighted by Crippen LogP contribution is -2.60. The first-order valence-electron chi connectivity index (χ1n) is 8.21. The molecule has 0 rings (SSSR count). The summed E-state index contributed by atoms with van der Waals surface area (Å²) < 4.78 is 0. The van der Waals surface area contributed by atoms with E-state index in [0.717, 1.165) is 0 Å². The zero-order chi connectivity index (χ0) is 19.8. The van der Waals surface area contributed by atoms with Crippen molar-refractivity contribution in [3.63, 3.8) is 0 Å². The van der Waals surface area contributed by atoms with E-state index in [-0.39, 0.29) is 18.1 Å². The van der Waals surface area contributed by atoms with Gasteiger partial charge in [-0.25, -0.2) is 4.79 Å². The van der Waals surface area contributed by atoms with E-state index in [1.807, 2.05) is 0 Å². The van der Waals surface area contributed by atoms with Crippen LogP contribution in [-0.4, -0.2) is 64.5 Å². The highest BCUT2D eigenvalue weighted by Gasteiger charge is 2.42. The van der Waals surface area contributed by atoms with Gasteiger partial charge in [-0.3, -0.25) is 9.59 Å². The van der Waals surface area contributed by atoms with Crippen LogP contribution in [0.2, 0.25) is 0 Å². The number of hydrogen-bond acceptors (Lipinski definition) is 6. The quantitative estimate of drug-likeness (QED) is 0.263. The molecule has 0 saturated heterocycles. The smallest absolute Gasteiger partial charge is 0.329 e. The van der Waals surface area contributed by atoms with Crippen molar-refractivity contribution in [1.29, 1.82) is 0 Å². The maximum Gasteiger partial charge on any atom is 0.329 e. The number of nitrogens with one attached hydrogen (secondary N) is 1. The van der Waals surface area contributed by atoms with E-state index >= 15 is 0 Å². The molecule has 9 heteroatoms. The summed E-state index contributed by atoms with van der Waals surface area (Å²) in [5.41, 5.74) is 3.33. The number of amides is 2. The van der Waals surface area contributed by atoms with Gasteiger partial charge in [0.15, 0.2) is 0 Å². The van der Waals surface area contributed by atoms with Crippen LogP contribution in [-0.2, 0) is 14.4 Å². The van der Waals surface area contributed by atoms with Gasteiger partial charge in [0.2, 0.25) is 11.8 Å². The average molecular weight is 394 g/mol. The molecule has 0 saturated carbocycles. The molecule has 2 amide bonds. The van der Waals surface area contributed by atoms with Crippen molar-refractivity contribution in [2.24, 2.45) is 11.1 Å². The second-order valence-electron chi connectivity index (χ2n) is 6.97. The lowest BCUT2D eigenvalue weighted by Gasteiger charge is -2.37. The van der Waals surface area contributed by atoms with Crippen LogP contribution in [0.1, 0.15) is 40.0 Å². The van der Waals surface area contributed by atoms with Crippen LogP contribution in [0.4, 0.5) is 0 Å². The first-order valence-corrected chi connectivity index (χ1v) is 9.48. The van der Waals surface area contributed by atoms with E-state index in [0.29, 0.717) is 25.1 Å². The number of hydrogen-bond donors (Lipinski definition) is 5. The lowest BCUT2D eigenvalue weighted by atomic mass is 9.92. The Labute approximate surface area is 160 Å². The fourth-order valence-corrected chi connectivity index (χ4v) is 2.51. The summed E-state index contributed by atoms with van der Waals surface area (Å²) >= 11 is 8.28. The molecular weight excluding hydrogens is 362 g/mol. The molecule has 0 fully saturated rings. The molecule has 0 radical (unpaired) electrons. The van der Waals surface area contributed by atoms with Crippen LogP contribution in [0, 0.1) is 5.41 Å². The fourth-order valence-electron chi connectivity index (χ4n) is 2.12. The molecule has 146 valence electrons. The largest absolute Gasteiger partial charge is 0.480 e. The zero-order valence-corrected chi connectivity index (χ0v) is 17.2. The van der Waals surface area contributed by atoms with Crippen LogP contribution >= 0.6 is 25.3 Å². The molecule has 0 aromatic carbocycles. The topological polar surface area (TPSA) is 113 Å². The number of aliphatic carboxylic acids is 1. The SMILES string of the molecule is CN(C(=O)[C@H](CS)NC(=O)C(C)(C)CS)[C@@](C)(CCCCN)C(=O)O. The Balaban J connectivity index is 5.28. The standard InChI is InChI=1S/C16H31N3O4S2/c1-15(2,10-25)13(21)18-11(9-24)12(20)19(4)16(3,14(22)23)7-5-6-8-17/h11,24-25H,5-10,17H2,1-4H3,(H,18,21)(H,22,23)/t11-,16-/m0/s1. The minimum atomic E-state index is -1.38. The minimum absolute atomic E-state index is 0.0655. The molecule has 0 aromatic rings. The molecule has 0 unspecified atom stereocenters. The molecule has 0 bridgehead atoms. The number of nitrogens with zero attached hydrogens (tertiary/aromatic N) is 1. The Bertz CT molecular complexity index is 488. The summed E-state index contributed by atoms with van der Waals surface area (Å²) in [6.07, 6.45) is 1.53. The second-order valence-corrected chi connectivity index (χ2v) is 7.65. The monoisotopic (exact) mass is 393 g/mol. The number of likely N-dealkylation sites (N-methyl/N-ethyl adjacent to an activating group) is 1. The summed E-state index contributed by atoms with van der Waals surface area (Å²) in [6, 6.07) is -0.909. The zero-order valence-electron chi connectivity index (χ0n) is 15.4. The van der Waals surface area contributed by atoms with Crippen molar-refractivity contribution in [2.45, 2.75) is 51.6 Å². The van der Waals surface area contributed by atoms with Crippen molar-refractivity contribution >= 4 is 43.0 Å². The maximum atomic E-state index is 12.8. The van der Waals surface area contributed by atoms with Gasteiger partial charge < -0.3 is 21.1 Å². The molecule has 0 aliphatic rings. The van der Waals surface area contributed by atoms with E-state index in [1.54, 1.807) is 13.8 Å². The Morgan fingerprint density at radius 1 is 1.20 bits per heavy atom. The molecule has 0 aromatic heterocycles. The van der Waals surface area contributed by atoms with Crippen molar-refractivity contribution in [3.8, 4) is 0 Å². The van der Waals surface area contributed by atoms with Gasteiger partial charge in [0, 0.05) is 18.6 Å². The first kappa shape index (κ1) is 24.1. The number of nitrogens with two attached hydrogens (primary N) is 1. The maximum absolute atomic E-state index is 12.8. The van der Waals surface area contributed by atoms with Crippen molar-refractivity contribution in [2.75, 3.05) is 25.1 Å². The molecule has 0 spiro atoms. The van der Waals surface area contributed by atoms with Crippen LogP contribution in [0.15, 0.2) is 0 Å². The van der Waals surface area contributed by atoms with Crippen LogP contribution < -0.4 is 11.1 Å². The predicted molar refractivity (Wildman–Crippen MR) is 105 cm³/mol. The first-order chi connectivity index (χ1) is 11.5. The Morgan fingerprint density at radius 2 is 1.76 bits per heavy atom. The summed E-state index contributed by atoms with van der Waals surface area (Å²) in [7, 11) is 1.44. The molecule has 7 nitrogen and oxygen atoms in total. The summed E-state index contributed by atoms with van der Waals surface area (Å²) in [5, 5.41) is 12.3. The number of carboxylic acids is 1. The van der Waals surface area contributed by atoms with Gasteiger partial charge in [0.25, 0.3) is 0 Å². The van der Waals surface area contributed by atoms with E-state index < -0.39 is 28.9 Å². The molecule has 25 heavy (non-hydrogen) atoms. The van der Waals surface area contributed by atoms with Gasteiger partial charge in [0.1, 0.15) is 11.6 Å². The van der Waals surface area contributed by atoms with Gasteiger partial charge >= 0.3 is 5.97 Å². The third-order valence-corrected chi connectivity index (χ3v) is 5.60. The average Bonchev–Trinajstić information content (AvgIpc) is 2.57. The van der Waals surface area contributed by atoms with E-state index in [1.165, 1.54) is 18.9 Å². The number of carbonyl (C=O) groups is 3. The highest BCUT2D eigenvalue weighted by atomic mass is 32.1. The number of thiol groups is 2. The molecule has 2 atom stereocenters. The van der Waals surface area contributed by atoms with Crippen molar-refractivity contribution in [1.82, 2.24) is 10.2 Å². The Kier molecular flexibility index (Phi) is 9.89. The van der Waals surface area contributed by atoms with Gasteiger partial charge in [-0.2, -0.15) is 25.3 Å². The molecule has 4 N–H and O–H groups in total. The highest BCUT2D eigenvalue weighted by molar-refractivity contribution is 7.80. The molecule has 0 heterocycles. The predicted octanol–water partition coefficient (Wildman–Crippen LogP) is 0.788. The number of unbranched alkanes of at least 4 members (excludes halogenated alkanes) is 1. The highest BCUT2D eigenvalue weighted by Crippen LogP contribution is 2.23. The second kappa shape index (κ2) is 10.3. The molecule has 0 aliphatic carbocycles. The normalized spacial score (nSPS) is 15.2. The van der Waals surface area contributed by atoms with Gasteiger partial charge in [0.05, 0.1) is 5.41 Å². The van der Waals surface area contributed by atoms with Gasteiger partial charge in [-0.05, 0) is 32.7 Å². The Hall–Kier alpha value is -0.930. The fraction of sp³-hybridized carbons (Fsp3) is 0.812. The van der Waals surface area contributed by atoms with Gasteiger partial charge in [-0.15, -0.1) is 0 Å². The third-order valence-electron chi connectivity index (χ3n) is 4.45. The molecular formula is C16H31N3O4S2. The van der Waals surface area contributed by atoms with Gasteiger partial charge in [-0.1, -0.05) is 13.8 Å². The van der Waals surface area contributed by atoms with Crippen molar-refractivity contribution < 1.29 is 19.5 Å². The van der Waals surface area contributed by atoms with Crippen LogP contribution in [0.5, 0.6) is 0 Å². The van der Waals surface area contributed by atoms with Crippen LogP contribution in [0.25, 0.3) is 0 Å². The number of rotatable bonds is 11. The minimum Gasteiger partial charge on any atom is -0.480 e. The molecule has 0 aliphatic heterocycles. The third kappa shape index (κ3) is 6.38. The van der Waals surface area contributed by atoms with E-state index in [4.69, 9.17) is 5.73 Å². The summed E-state index contributed by atoms with van der Waals surface area (Å²) in [5.74, 6) is -1.54. The number of carboxylic acid groups (broad SMARTS) is 1. The van der Waals surface area contributed by atoms with Crippen molar-refractivity contribution in [3.05, 3.63) is 0 Å². The van der Waals surface area contributed by atoms with Crippen LogP contribution in [0.3, 0.4) is 0 Å².